The SMILES string of the molecule is Cc1ccc(C(C)Nc2nc[nH]c(=O)c2I)cc1F. The maximum absolute atomic E-state index is 13.5. The van der Waals surface area contributed by atoms with Gasteiger partial charge in [-0.2, -0.15) is 0 Å². The van der Waals surface area contributed by atoms with Gasteiger partial charge in [-0.05, 0) is 53.6 Å². The Kier molecular flexibility index (Phi) is 4.18. The molecule has 6 heteroatoms. The predicted octanol–water partition coefficient (Wildman–Crippen LogP) is 3.00. The molecule has 1 heterocycles. The summed E-state index contributed by atoms with van der Waals surface area (Å²) in [5.41, 5.74) is 1.22. The maximum Gasteiger partial charge on any atom is 0.266 e. The minimum absolute atomic E-state index is 0.141. The lowest BCUT2D eigenvalue weighted by atomic mass is 10.1. The number of benzene rings is 1. The molecule has 0 aliphatic rings. The minimum atomic E-state index is -0.236. The summed E-state index contributed by atoms with van der Waals surface area (Å²) in [5, 5.41) is 3.11. The van der Waals surface area contributed by atoms with Crippen LogP contribution in [0.15, 0.2) is 29.3 Å². The molecule has 0 aliphatic heterocycles. The Morgan fingerprint density at radius 2 is 2.21 bits per heavy atom. The highest BCUT2D eigenvalue weighted by molar-refractivity contribution is 14.1. The van der Waals surface area contributed by atoms with Gasteiger partial charge in [0.05, 0.1) is 12.4 Å². The summed E-state index contributed by atoms with van der Waals surface area (Å²) in [4.78, 5) is 18.0. The molecule has 0 spiro atoms. The standard InChI is InChI=1S/C13H13FIN3O/c1-7-3-4-9(5-10(7)14)8(2)18-12-11(15)13(19)17-6-16-12/h3-6,8H,1-2H3,(H2,16,17,18,19). The van der Waals surface area contributed by atoms with E-state index in [0.29, 0.717) is 15.0 Å². The van der Waals surface area contributed by atoms with Gasteiger partial charge in [0.2, 0.25) is 0 Å². The molecule has 2 rings (SSSR count). The lowest BCUT2D eigenvalue weighted by Gasteiger charge is -2.16. The van der Waals surface area contributed by atoms with E-state index in [1.165, 1.54) is 12.4 Å². The molecule has 0 radical (unpaired) electrons. The van der Waals surface area contributed by atoms with E-state index in [4.69, 9.17) is 0 Å². The molecule has 0 amide bonds. The monoisotopic (exact) mass is 373 g/mol. The van der Waals surface area contributed by atoms with Crippen LogP contribution in [0.5, 0.6) is 0 Å². The smallest absolute Gasteiger partial charge is 0.266 e. The van der Waals surface area contributed by atoms with Crippen LogP contribution in [0, 0.1) is 16.3 Å². The van der Waals surface area contributed by atoms with E-state index in [2.05, 4.69) is 15.3 Å². The van der Waals surface area contributed by atoms with Crippen LogP contribution in [0.3, 0.4) is 0 Å². The molecule has 2 N–H and O–H groups in total. The number of anilines is 1. The predicted molar refractivity (Wildman–Crippen MR) is 80.7 cm³/mol. The second-order valence-corrected chi connectivity index (χ2v) is 5.35. The van der Waals surface area contributed by atoms with E-state index in [1.54, 1.807) is 13.0 Å². The van der Waals surface area contributed by atoms with Gasteiger partial charge >= 0.3 is 0 Å². The number of hydrogen-bond donors (Lipinski definition) is 2. The van der Waals surface area contributed by atoms with Crippen LogP contribution < -0.4 is 10.9 Å². The largest absolute Gasteiger partial charge is 0.362 e. The number of H-pyrrole nitrogens is 1. The Bertz CT molecular complexity index is 657. The van der Waals surface area contributed by atoms with Crippen LogP contribution in [0.4, 0.5) is 10.2 Å². The number of hydrogen-bond acceptors (Lipinski definition) is 3. The third-order valence-corrected chi connectivity index (χ3v) is 3.85. The Morgan fingerprint density at radius 1 is 1.47 bits per heavy atom. The van der Waals surface area contributed by atoms with E-state index in [-0.39, 0.29) is 17.4 Å². The zero-order chi connectivity index (χ0) is 14.0. The van der Waals surface area contributed by atoms with Crippen molar-refractivity contribution in [2.75, 3.05) is 5.32 Å². The third kappa shape index (κ3) is 3.12. The Labute approximate surface area is 123 Å². The summed E-state index contributed by atoms with van der Waals surface area (Å²) >= 11 is 1.93. The molecule has 1 unspecified atom stereocenters. The van der Waals surface area contributed by atoms with Crippen molar-refractivity contribution in [3.8, 4) is 0 Å². The zero-order valence-corrected chi connectivity index (χ0v) is 12.7. The molecule has 0 saturated carbocycles. The number of halogens is 2. The summed E-state index contributed by atoms with van der Waals surface area (Å²) in [6.45, 7) is 3.61. The van der Waals surface area contributed by atoms with Gasteiger partial charge in [-0.1, -0.05) is 12.1 Å². The van der Waals surface area contributed by atoms with Crippen molar-refractivity contribution in [2.24, 2.45) is 0 Å². The quantitative estimate of drug-likeness (QED) is 0.814. The van der Waals surface area contributed by atoms with Gasteiger partial charge in [0.1, 0.15) is 15.2 Å². The topological polar surface area (TPSA) is 57.8 Å². The second kappa shape index (κ2) is 5.68. The molecule has 0 saturated heterocycles. The van der Waals surface area contributed by atoms with Crippen molar-refractivity contribution < 1.29 is 4.39 Å². The van der Waals surface area contributed by atoms with E-state index in [0.717, 1.165) is 5.56 Å². The van der Waals surface area contributed by atoms with Crippen LogP contribution >= 0.6 is 22.6 Å². The summed E-state index contributed by atoms with van der Waals surface area (Å²) in [7, 11) is 0. The summed E-state index contributed by atoms with van der Waals surface area (Å²) < 4.78 is 14.0. The molecule has 0 aliphatic carbocycles. The summed E-state index contributed by atoms with van der Waals surface area (Å²) in [5.74, 6) is 0.262. The third-order valence-electron chi connectivity index (χ3n) is 2.85. The van der Waals surface area contributed by atoms with Gasteiger partial charge in [0.25, 0.3) is 5.56 Å². The average Bonchev–Trinajstić information content (AvgIpc) is 2.38. The molecule has 0 bridgehead atoms. The van der Waals surface area contributed by atoms with Crippen LogP contribution in [0.25, 0.3) is 0 Å². The van der Waals surface area contributed by atoms with Crippen LogP contribution in [0.2, 0.25) is 0 Å². The van der Waals surface area contributed by atoms with Gasteiger partial charge in [0.15, 0.2) is 0 Å². The van der Waals surface area contributed by atoms with E-state index in [1.807, 2.05) is 35.6 Å². The van der Waals surface area contributed by atoms with Gasteiger partial charge in [-0.3, -0.25) is 4.79 Å². The first-order valence-electron chi connectivity index (χ1n) is 5.75. The Hall–Kier alpha value is -1.44. The van der Waals surface area contributed by atoms with Crippen molar-refractivity contribution in [3.63, 3.8) is 0 Å². The van der Waals surface area contributed by atoms with Crippen LogP contribution in [0.1, 0.15) is 24.1 Å². The number of aromatic amines is 1. The average molecular weight is 373 g/mol. The van der Waals surface area contributed by atoms with Gasteiger partial charge in [-0.25, -0.2) is 9.37 Å². The number of nitrogens with zero attached hydrogens (tertiary/aromatic N) is 1. The molecule has 1 aromatic heterocycles. The molecule has 19 heavy (non-hydrogen) atoms. The molecule has 4 nitrogen and oxygen atoms in total. The fourth-order valence-electron chi connectivity index (χ4n) is 1.65. The molecule has 1 aromatic carbocycles. The molecular weight excluding hydrogens is 360 g/mol. The minimum Gasteiger partial charge on any atom is -0.362 e. The molecule has 1 atom stereocenters. The number of aryl methyl sites for hydroxylation is 1. The van der Waals surface area contributed by atoms with Gasteiger partial charge in [0, 0.05) is 0 Å². The zero-order valence-electron chi connectivity index (χ0n) is 10.5. The van der Waals surface area contributed by atoms with Crippen LogP contribution in [-0.4, -0.2) is 9.97 Å². The highest BCUT2D eigenvalue weighted by Gasteiger charge is 2.11. The van der Waals surface area contributed by atoms with E-state index < -0.39 is 0 Å². The first-order valence-corrected chi connectivity index (χ1v) is 6.82. The van der Waals surface area contributed by atoms with E-state index >= 15 is 0 Å². The first-order chi connectivity index (χ1) is 8.99. The molecule has 0 fully saturated rings. The normalized spacial score (nSPS) is 12.2. The fraction of sp³-hybridized carbons (Fsp3) is 0.231. The Balaban J connectivity index is 2.25. The summed E-state index contributed by atoms with van der Waals surface area (Å²) in [6.07, 6.45) is 1.34. The molecule has 2 aromatic rings. The van der Waals surface area contributed by atoms with E-state index in [9.17, 15) is 9.18 Å². The van der Waals surface area contributed by atoms with Crippen molar-refractivity contribution in [2.45, 2.75) is 19.9 Å². The summed E-state index contributed by atoms with van der Waals surface area (Å²) in [6, 6.07) is 4.94. The number of rotatable bonds is 3. The number of aromatic nitrogens is 2. The lowest BCUT2D eigenvalue weighted by molar-refractivity contribution is 0.614. The van der Waals surface area contributed by atoms with Crippen molar-refractivity contribution >= 4 is 28.4 Å². The molecule has 100 valence electrons. The first kappa shape index (κ1) is 14.0. The molecular formula is C13H13FIN3O. The maximum atomic E-state index is 13.5. The van der Waals surface area contributed by atoms with Crippen molar-refractivity contribution in [1.29, 1.82) is 0 Å². The second-order valence-electron chi connectivity index (χ2n) is 4.27. The van der Waals surface area contributed by atoms with Gasteiger partial charge < -0.3 is 10.3 Å². The number of nitrogens with one attached hydrogen (secondary N) is 2. The van der Waals surface area contributed by atoms with Gasteiger partial charge in [-0.15, -0.1) is 0 Å². The Morgan fingerprint density at radius 3 is 2.89 bits per heavy atom. The van der Waals surface area contributed by atoms with Crippen molar-refractivity contribution in [3.05, 3.63) is 55.4 Å². The highest BCUT2D eigenvalue weighted by Crippen LogP contribution is 2.21. The lowest BCUT2D eigenvalue weighted by Crippen LogP contribution is -2.16. The van der Waals surface area contributed by atoms with Crippen LogP contribution in [-0.2, 0) is 0 Å². The van der Waals surface area contributed by atoms with Crippen molar-refractivity contribution in [1.82, 2.24) is 9.97 Å². The highest BCUT2D eigenvalue weighted by atomic mass is 127. The fourth-order valence-corrected chi connectivity index (χ4v) is 2.10.